The fraction of sp³-hybridized carbons (Fsp3) is 0.240. The number of hydrogen-bond donors (Lipinski definition) is 1. The van der Waals surface area contributed by atoms with Crippen LogP contribution in [0.5, 0.6) is 0 Å². The van der Waals surface area contributed by atoms with E-state index in [0.717, 1.165) is 18.7 Å². The van der Waals surface area contributed by atoms with Gasteiger partial charge in [0.1, 0.15) is 5.82 Å². The summed E-state index contributed by atoms with van der Waals surface area (Å²) in [6.45, 7) is 3.35. The van der Waals surface area contributed by atoms with E-state index in [-0.39, 0.29) is 17.9 Å². The van der Waals surface area contributed by atoms with Crippen LogP contribution >= 0.6 is 0 Å². The lowest BCUT2D eigenvalue weighted by atomic mass is 9.96. The summed E-state index contributed by atoms with van der Waals surface area (Å²) in [6, 6.07) is 27.3. The highest BCUT2D eigenvalue weighted by atomic mass is 19.1. The maximum atomic E-state index is 13.0. The number of amides is 2. The highest BCUT2D eigenvalue weighted by molar-refractivity contribution is 5.74. The monoisotopic (exact) mass is 403 g/mol. The van der Waals surface area contributed by atoms with Crippen LogP contribution < -0.4 is 5.32 Å². The lowest BCUT2D eigenvalue weighted by Gasteiger charge is -2.39. The second-order valence-electron chi connectivity index (χ2n) is 7.53. The van der Waals surface area contributed by atoms with Gasteiger partial charge in [-0.25, -0.2) is 9.18 Å². The van der Waals surface area contributed by atoms with Crippen LogP contribution in [0.3, 0.4) is 0 Å². The van der Waals surface area contributed by atoms with Crippen molar-refractivity contribution in [2.24, 2.45) is 0 Å². The number of rotatable bonds is 5. The standard InChI is InChI=1S/C25H26FN3O/c26-23-13-11-20(12-14-23)19-27-25(30)29-17-15-28(16-18-29)24(21-7-3-1-4-8-21)22-9-5-2-6-10-22/h1-14,24H,15-19H2,(H,27,30). The first-order chi connectivity index (χ1) is 14.7. The molecule has 0 aromatic heterocycles. The van der Waals surface area contributed by atoms with E-state index >= 15 is 0 Å². The van der Waals surface area contributed by atoms with Crippen LogP contribution in [-0.2, 0) is 6.54 Å². The average molecular weight is 404 g/mol. The van der Waals surface area contributed by atoms with Crippen molar-refractivity contribution < 1.29 is 9.18 Å². The summed E-state index contributed by atoms with van der Waals surface area (Å²) in [5.74, 6) is -0.271. The molecule has 30 heavy (non-hydrogen) atoms. The van der Waals surface area contributed by atoms with Gasteiger partial charge in [-0.05, 0) is 28.8 Å². The summed E-state index contributed by atoms with van der Waals surface area (Å²) < 4.78 is 13.0. The van der Waals surface area contributed by atoms with E-state index in [4.69, 9.17) is 0 Å². The van der Waals surface area contributed by atoms with Gasteiger partial charge in [-0.1, -0.05) is 72.8 Å². The summed E-state index contributed by atoms with van der Waals surface area (Å²) in [4.78, 5) is 16.9. The Bertz CT molecular complexity index is 900. The molecule has 0 radical (unpaired) electrons. The van der Waals surface area contributed by atoms with Crippen molar-refractivity contribution in [1.29, 1.82) is 0 Å². The van der Waals surface area contributed by atoms with Crippen molar-refractivity contribution >= 4 is 6.03 Å². The molecule has 1 fully saturated rings. The lowest BCUT2D eigenvalue weighted by Crippen LogP contribution is -2.52. The van der Waals surface area contributed by atoms with E-state index < -0.39 is 0 Å². The molecule has 3 aromatic carbocycles. The first-order valence-corrected chi connectivity index (χ1v) is 10.3. The number of nitrogens with zero attached hydrogens (tertiary/aromatic N) is 2. The fourth-order valence-electron chi connectivity index (χ4n) is 3.96. The number of nitrogens with one attached hydrogen (secondary N) is 1. The Morgan fingerprint density at radius 1 is 0.800 bits per heavy atom. The molecule has 0 atom stereocenters. The molecule has 0 saturated carbocycles. The van der Waals surface area contributed by atoms with Crippen molar-refractivity contribution in [1.82, 2.24) is 15.1 Å². The zero-order valence-corrected chi connectivity index (χ0v) is 16.9. The largest absolute Gasteiger partial charge is 0.334 e. The Labute approximate surface area is 176 Å². The molecule has 4 nitrogen and oxygen atoms in total. The molecule has 1 aliphatic rings. The van der Waals surface area contributed by atoms with Crippen LogP contribution in [0.2, 0.25) is 0 Å². The molecule has 3 aromatic rings. The molecule has 1 saturated heterocycles. The Morgan fingerprint density at radius 2 is 1.33 bits per heavy atom. The number of piperazine rings is 1. The number of halogens is 1. The number of hydrogen-bond acceptors (Lipinski definition) is 2. The van der Waals surface area contributed by atoms with Gasteiger partial charge >= 0.3 is 6.03 Å². The van der Waals surface area contributed by atoms with Gasteiger partial charge in [0, 0.05) is 32.7 Å². The number of urea groups is 1. The van der Waals surface area contributed by atoms with Gasteiger partial charge in [0.15, 0.2) is 0 Å². The average Bonchev–Trinajstić information content (AvgIpc) is 2.81. The maximum absolute atomic E-state index is 13.0. The Hall–Kier alpha value is -3.18. The number of carbonyl (C=O) groups is 1. The van der Waals surface area contributed by atoms with Gasteiger partial charge in [-0.2, -0.15) is 0 Å². The van der Waals surface area contributed by atoms with Crippen molar-refractivity contribution in [2.75, 3.05) is 26.2 Å². The summed E-state index contributed by atoms with van der Waals surface area (Å²) in [5, 5.41) is 2.94. The third kappa shape index (κ3) is 4.86. The van der Waals surface area contributed by atoms with Gasteiger partial charge in [-0.15, -0.1) is 0 Å². The predicted molar refractivity (Wildman–Crippen MR) is 117 cm³/mol. The topological polar surface area (TPSA) is 35.6 Å². The lowest BCUT2D eigenvalue weighted by molar-refractivity contribution is 0.120. The summed E-state index contributed by atoms with van der Waals surface area (Å²) in [7, 11) is 0. The van der Waals surface area contributed by atoms with Gasteiger partial charge in [0.2, 0.25) is 0 Å². The minimum absolute atomic E-state index is 0.0741. The molecule has 5 heteroatoms. The van der Waals surface area contributed by atoms with Gasteiger partial charge in [0.05, 0.1) is 6.04 Å². The molecule has 1 N–H and O–H groups in total. The molecule has 1 aliphatic heterocycles. The highest BCUT2D eigenvalue weighted by Crippen LogP contribution is 2.29. The second-order valence-corrected chi connectivity index (χ2v) is 7.53. The Kier molecular flexibility index (Phi) is 6.40. The van der Waals surface area contributed by atoms with Gasteiger partial charge in [0.25, 0.3) is 0 Å². The molecule has 4 rings (SSSR count). The summed E-state index contributed by atoms with van der Waals surface area (Å²) in [5.41, 5.74) is 3.41. The highest BCUT2D eigenvalue weighted by Gasteiger charge is 2.28. The van der Waals surface area contributed by atoms with Crippen molar-refractivity contribution in [2.45, 2.75) is 12.6 Å². The summed E-state index contributed by atoms with van der Waals surface area (Å²) in [6.07, 6.45) is 0. The molecule has 2 amide bonds. The van der Waals surface area contributed by atoms with Gasteiger partial charge < -0.3 is 10.2 Å². The zero-order valence-electron chi connectivity index (χ0n) is 16.9. The van der Waals surface area contributed by atoms with Gasteiger partial charge in [-0.3, -0.25) is 4.90 Å². The minimum Gasteiger partial charge on any atom is -0.334 e. The fourth-order valence-corrected chi connectivity index (χ4v) is 3.96. The molecule has 0 aliphatic carbocycles. The summed E-state index contributed by atoms with van der Waals surface area (Å²) >= 11 is 0. The molecular formula is C25H26FN3O. The van der Waals surface area contributed by atoms with Crippen molar-refractivity contribution in [3.8, 4) is 0 Å². The third-order valence-corrected chi connectivity index (χ3v) is 5.55. The van der Waals surface area contributed by atoms with E-state index in [1.807, 2.05) is 17.0 Å². The predicted octanol–water partition coefficient (Wildman–Crippen LogP) is 4.44. The zero-order chi connectivity index (χ0) is 20.8. The van der Waals surface area contributed by atoms with E-state index in [0.29, 0.717) is 19.6 Å². The van der Waals surface area contributed by atoms with E-state index in [2.05, 4.69) is 58.7 Å². The molecule has 154 valence electrons. The van der Waals surface area contributed by atoms with Crippen LogP contribution in [-0.4, -0.2) is 42.0 Å². The van der Waals surface area contributed by atoms with E-state index in [1.165, 1.54) is 23.3 Å². The Morgan fingerprint density at radius 3 is 1.87 bits per heavy atom. The number of benzene rings is 3. The first kappa shape index (κ1) is 20.1. The van der Waals surface area contributed by atoms with E-state index in [1.54, 1.807) is 12.1 Å². The maximum Gasteiger partial charge on any atom is 0.317 e. The first-order valence-electron chi connectivity index (χ1n) is 10.3. The SMILES string of the molecule is O=C(NCc1ccc(F)cc1)N1CCN(C(c2ccccc2)c2ccccc2)CC1. The quantitative estimate of drug-likeness (QED) is 0.684. The van der Waals surface area contributed by atoms with Crippen LogP contribution in [0.25, 0.3) is 0 Å². The van der Waals surface area contributed by atoms with Crippen LogP contribution in [0.15, 0.2) is 84.9 Å². The van der Waals surface area contributed by atoms with Crippen LogP contribution in [0.4, 0.5) is 9.18 Å². The number of carbonyl (C=O) groups excluding carboxylic acids is 1. The van der Waals surface area contributed by atoms with Crippen molar-refractivity contribution in [3.05, 3.63) is 107 Å². The molecular weight excluding hydrogens is 377 g/mol. The second kappa shape index (κ2) is 9.55. The van der Waals surface area contributed by atoms with E-state index in [9.17, 15) is 9.18 Å². The Balaban J connectivity index is 1.38. The normalized spacial score (nSPS) is 14.7. The van der Waals surface area contributed by atoms with Crippen molar-refractivity contribution in [3.63, 3.8) is 0 Å². The third-order valence-electron chi connectivity index (χ3n) is 5.55. The molecule has 1 heterocycles. The minimum atomic E-state index is -0.271. The molecule has 0 spiro atoms. The smallest absolute Gasteiger partial charge is 0.317 e. The molecule has 0 bridgehead atoms. The molecule has 0 unspecified atom stereocenters. The van der Waals surface area contributed by atoms with Crippen LogP contribution in [0, 0.1) is 5.82 Å². The van der Waals surface area contributed by atoms with Crippen LogP contribution in [0.1, 0.15) is 22.7 Å².